The summed E-state index contributed by atoms with van der Waals surface area (Å²) in [6.07, 6.45) is -6.69. The van der Waals surface area contributed by atoms with Crippen molar-refractivity contribution in [2.45, 2.75) is 98.6 Å². The normalized spacial score (nSPS) is 19.1. The Hall–Kier alpha value is -1.09. The van der Waals surface area contributed by atoms with E-state index in [1.54, 1.807) is 0 Å². The molecule has 3 atom stereocenters. The van der Waals surface area contributed by atoms with Crippen molar-refractivity contribution in [3.63, 3.8) is 0 Å². The first kappa shape index (κ1) is 38.9. The molecule has 0 saturated heterocycles. The predicted octanol–water partition coefficient (Wildman–Crippen LogP) is 7.84. The molecule has 21 heteroatoms. The summed E-state index contributed by atoms with van der Waals surface area (Å²) in [6.45, 7) is 0. The maximum Gasteiger partial charge on any atom is 0.543 e. The lowest BCUT2D eigenvalue weighted by Crippen LogP contribution is -2.75. The molecule has 0 aromatic rings. The highest BCUT2D eigenvalue weighted by Crippen LogP contribution is 2.62. The smallest absolute Gasteiger partial charge is 0.375 e. The third kappa shape index (κ3) is 6.60. The summed E-state index contributed by atoms with van der Waals surface area (Å²) in [7, 11) is -5.17. The van der Waals surface area contributed by atoms with E-state index < -0.39 is 68.9 Å². The van der Waals surface area contributed by atoms with Crippen molar-refractivity contribution >= 4 is 8.80 Å². The maximum absolute atomic E-state index is 14.1. The number of alkyl halides is 17. The van der Waals surface area contributed by atoms with Crippen molar-refractivity contribution in [3.8, 4) is 0 Å². The Morgan fingerprint density at radius 3 is 1.00 bits per heavy atom. The fourth-order valence-corrected chi connectivity index (χ4v) is 5.06. The lowest BCUT2D eigenvalue weighted by atomic mass is 9.89. The van der Waals surface area contributed by atoms with Gasteiger partial charge in [-0.25, -0.2) is 22.0 Å². The van der Waals surface area contributed by atoms with Crippen LogP contribution in [0.15, 0.2) is 0 Å². The number of hydrogen-bond donors (Lipinski definition) is 0. The highest BCUT2D eigenvalue weighted by molar-refractivity contribution is 6.62. The summed E-state index contributed by atoms with van der Waals surface area (Å²) in [5, 5.41) is 0. The van der Waals surface area contributed by atoms with E-state index in [1.807, 2.05) is 0 Å². The minimum absolute atomic E-state index is 0.221. The molecule has 242 valence electrons. The van der Waals surface area contributed by atoms with Gasteiger partial charge in [0.1, 0.15) is 0 Å². The van der Waals surface area contributed by atoms with Crippen LogP contribution in [0.2, 0.25) is 0 Å². The zero-order valence-corrected chi connectivity index (χ0v) is 21.7. The fraction of sp³-hybridized carbons (Fsp3) is 1.00. The van der Waals surface area contributed by atoms with E-state index >= 15 is 0 Å². The number of hydrogen-bond acceptors (Lipinski definition) is 3. The second-order valence-electron chi connectivity index (χ2n) is 8.42. The van der Waals surface area contributed by atoms with Gasteiger partial charge in [0.05, 0.1) is 0 Å². The SMILES string of the molecule is C1CCCCC1.CO[Si](OC)(OC)C(F)C(F)(F)C(F)(F)C(F)(F)C(F)(F)C(F)(F)C(F)(F)C(F)C(F)C(F)F. The van der Waals surface area contributed by atoms with Gasteiger partial charge in [-0.3, -0.25) is 0 Å². The van der Waals surface area contributed by atoms with Crippen molar-refractivity contribution in [2.75, 3.05) is 21.3 Å². The Morgan fingerprint density at radius 1 is 0.475 bits per heavy atom. The summed E-state index contributed by atoms with van der Waals surface area (Å²) in [4.78, 5) is 0. The maximum atomic E-state index is 14.1. The average Bonchev–Trinajstić information content (AvgIpc) is 2.89. The van der Waals surface area contributed by atoms with Gasteiger partial charge in [0.25, 0.3) is 6.43 Å². The first-order valence-corrected chi connectivity index (χ1v) is 12.8. The van der Waals surface area contributed by atoms with Crippen molar-refractivity contribution in [2.24, 2.45) is 0 Å². The van der Waals surface area contributed by atoms with Gasteiger partial charge >= 0.3 is 44.3 Å². The topological polar surface area (TPSA) is 27.7 Å². The minimum atomic E-state index is -8.44. The number of rotatable bonds is 13. The Bertz CT molecular complexity index is 755. The predicted molar refractivity (Wildman–Crippen MR) is 105 cm³/mol. The third-order valence-corrected chi connectivity index (χ3v) is 8.56. The van der Waals surface area contributed by atoms with Gasteiger partial charge in [-0.2, -0.15) is 52.7 Å². The zero-order chi connectivity index (χ0) is 32.2. The molecule has 0 aliphatic heterocycles. The molecule has 1 aliphatic carbocycles. The van der Waals surface area contributed by atoms with Crippen molar-refractivity contribution in [3.05, 3.63) is 0 Å². The van der Waals surface area contributed by atoms with E-state index in [-0.39, 0.29) is 21.3 Å². The molecule has 0 bridgehead atoms. The molecule has 1 aliphatic rings. The van der Waals surface area contributed by atoms with Crippen LogP contribution in [0.5, 0.6) is 0 Å². The van der Waals surface area contributed by atoms with Crippen LogP contribution in [0.25, 0.3) is 0 Å². The van der Waals surface area contributed by atoms with E-state index in [4.69, 9.17) is 0 Å². The minimum Gasteiger partial charge on any atom is -0.375 e. The van der Waals surface area contributed by atoms with Crippen LogP contribution >= 0.6 is 0 Å². The zero-order valence-electron chi connectivity index (χ0n) is 20.7. The van der Waals surface area contributed by atoms with Crippen LogP contribution in [-0.4, -0.2) is 90.2 Å². The van der Waals surface area contributed by atoms with Gasteiger partial charge in [-0.1, -0.05) is 38.5 Å². The first-order valence-electron chi connectivity index (χ1n) is 11.0. The van der Waals surface area contributed by atoms with Crippen LogP contribution < -0.4 is 0 Å². The second kappa shape index (κ2) is 13.5. The molecule has 0 amide bonds. The van der Waals surface area contributed by atoms with Gasteiger partial charge in [-0.05, 0) is 0 Å². The number of halogens is 17. The van der Waals surface area contributed by atoms with E-state index in [0.29, 0.717) is 0 Å². The molecule has 0 spiro atoms. The van der Waals surface area contributed by atoms with Crippen molar-refractivity contribution in [1.82, 2.24) is 0 Å². The van der Waals surface area contributed by atoms with Gasteiger partial charge in [-0.15, -0.1) is 0 Å². The third-order valence-electron chi connectivity index (χ3n) is 5.87. The van der Waals surface area contributed by atoms with E-state index in [1.165, 1.54) is 38.5 Å². The molecular formula is C19H25F17O3Si. The van der Waals surface area contributed by atoms with Gasteiger partial charge in [0, 0.05) is 21.3 Å². The lowest BCUT2D eigenvalue weighted by molar-refractivity contribution is -0.433. The molecule has 0 aromatic carbocycles. The highest BCUT2D eigenvalue weighted by Gasteiger charge is 2.93. The molecule has 1 saturated carbocycles. The van der Waals surface area contributed by atoms with Crippen LogP contribution in [0.3, 0.4) is 0 Å². The molecule has 0 aromatic heterocycles. The summed E-state index contributed by atoms with van der Waals surface area (Å²) >= 11 is 0. The van der Waals surface area contributed by atoms with Crippen LogP contribution in [0, 0.1) is 0 Å². The van der Waals surface area contributed by atoms with Crippen LogP contribution in [0.4, 0.5) is 74.6 Å². The summed E-state index contributed by atoms with van der Waals surface area (Å²) < 4.78 is 240. The fourth-order valence-electron chi connectivity index (χ4n) is 3.32. The standard InChI is InChI=1S/C13H13F17O3Si.C6H12/c1-31-34(32-2,33-3)7(18)9(21,22)11(25,26)13(29,30)12(27,28)10(23,24)8(19,20)5(15)4(14)6(16)17;1-2-4-6-5-3-1/h4-7H,1-3H3;1-6H2. The molecule has 3 nitrogen and oxygen atoms in total. The van der Waals surface area contributed by atoms with Gasteiger partial charge in [0.15, 0.2) is 6.17 Å². The molecule has 3 unspecified atom stereocenters. The Balaban J connectivity index is 0.00000221. The Kier molecular flexibility index (Phi) is 13.1. The quantitative estimate of drug-likeness (QED) is 0.150. The molecule has 1 fully saturated rings. The lowest BCUT2D eigenvalue weighted by Gasteiger charge is -2.43. The summed E-state index contributed by atoms with van der Waals surface area (Å²) in [5.74, 6) is -52.8. The summed E-state index contributed by atoms with van der Waals surface area (Å²) in [6, 6.07) is 0. The Morgan fingerprint density at radius 2 is 0.750 bits per heavy atom. The first-order chi connectivity index (χ1) is 17.9. The van der Waals surface area contributed by atoms with E-state index in [0.717, 1.165) is 0 Å². The molecule has 0 heterocycles. The largest absolute Gasteiger partial charge is 0.543 e. The monoisotopic (exact) mass is 652 g/mol. The highest BCUT2D eigenvalue weighted by atomic mass is 28.4. The molecule has 40 heavy (non-hydrogen) atoms. The van der Waals surface area contributed by atoms with Crippen LogP contribution in [-0.2, 0) is 13.3 Å². The van der Waals surface area contributed by atoms with Crippen molar-refractivity contribution in [1.29, 1.82) is 0 Å². The molecule has 0 N–H and O–H groups in total. The van der Waals surface area contributed by atoms with E-state index in [2.05, 4.69) is 13.3 Å². The molecular weight excluding hydrogens is 627 g/mol. The van der Waals surface area contributed by atoms with Crippen LogP contribution in [0.1, 0.15) is 38.5 Å². The molecule has 0 radical (unpaired) electrons. The van der Waals surface area contributed by atoms with Gasteiger partial charge in [0.2, 0.25) is 12.0 Å². The second-order valence-corrected chi connectivity index (χ2v) is 11.4. The summed E-state index contributed by atoms with van der Waals surface area (Å²) in [5.41, 5.74) is 0. The van der Waals surface area contributed by atoms with Gasteiger partial charge < -0.3 is 13.3 Å². The average molecular weight is 652 g/mol. The Labute approximate surface area is 217 Å². The molecule has 1 rings (SSSR count). The van der Waals surface area contributed by atoms with E-state index in [9.17, 15) is 74.6 Å². The van der Waals surface area contributed by atoms with Crippen molar-refractivity contribution < 1.29 is 87.9 Å².